The number of aryl methyl sites for hydroxylation is 1. The Kier molecular flexibility index (Phi) is 4.24. The van der Waals surface area contributed by atoms with Gasteiger partial charge < -0.3 is 14.8 Å². The molecule has 0 aliphatic rings. The summed E-state index contributed by atoms with van der Waals surface area (Å²) < 4.78 is 5.28. The Morgan fingerprint density at radius 3 is 2.58 bits per heavy atom. The molecule has 1 unspecified atom stereocenters. The lowest BCUT2D eigenvalue weighted by Crippen LogP contribution is -2.28. The van der Waals surface area contributed by atoms with Gasteiger partial charge in [-0.25, -0.2) is 0 Å². The number of hydrogen-bond donors (Lipinski definition) is 2. The molecule has 1 aromatic heterocycles. The van der Waals surface area contributed by atoms with Crippen LogP contribution in [0.25, 0.3) is 0 Å². The number of carbonyl (C=O) groups is 1. The minimum absolute atomic E-state index is 0.0917. The van der Waals surface area contributed by atoms with Crippen molar-refractivity contribution in [2.24, 2.45) is 0 Å². The molecule has 2 rings (SSSR count). The molecule has 2 aromatic rings. The second-order valence-corrected chi connectivity index (χ2v) is 4.62. The number of halogens is 1. The first-order chi connectivity index (χ1) is 9.06. The van der Waals surface area contributed by atoms with Gasteiger partial charge in [-0.15, -0.1) is 0 Å². The van der Waals surface area contributed by atoms with Gasteiger partial charge in [-0.05, 0) is 43.3 Å². The maximum atomic E-state index is 11.8. The predicted molar refractivity (Wildman–Crippen MR) is 72.2 cm³/mol. The number of hydrogen-bond acceptors (Lipinski definition) is 3. The smallest absolute Gasteiger partial charge is 0.251 e. The van der Waals surface area contributed by atoms with Gasteiger partial charge in [0.2, 0.25) is 0 Å². The highest BCUT2D eigenvalue weighted by atomic mass is 35.5. The summed E-state index contributed by atoms with van der Waals surface area (Å²) in [5.74, 6) is 0.894. The van der Waals surface area contributed by atoms with E-state index in [1.165, 1.54) is 0 Å². The quantitative estimate of drug-likeness (QED) is 0.904. The van der Waals surface area contributed by atoms with Gasteiger partial charge in [-0.2, -0.15) is 0 Å². The van der Waals surface area contributed by atoms with Crippen molar-refractivity contribution in [2.75, 3.05) is 6.54 Å². The van der Waals surface area contributed by atoms with E-state index in [1.807, 2.05) is 0 Å². The molecule has 0 radical (unpaired) electrons. The zero-order valence-corrected chi connectivity index (χ0v) is 11.1. The fraction of sp³-hybridized carbons (Fsp3) is 0.214. The molecule has 0 bridgehead atoms. The molecule has 1 amide bonds. The topological polar surface area (TPSA) is 62.5 Å². The fourth-order valence-corrected chi connectivity index (χ4v) is 1.75. The number of carbonyl (C=O) groups excluding carboxylic acids is 1. The van der Waals surface area contributed by atoms with Gasteiger partial charge in [0.25, 0.3) is 5.91 Å². The minimum atomic E-state index is -0.857. The average Bonchev–Trinajstić information content (AvgIpc) is 2.83. The van der Waals surface area contributed by atoms with E-state index in [1.54, 1.807) is 43.3 Å². The molecule has 2 N–H and O–H groups in total. The summed E-state index contributed by atoms with van der Waals surface area (Å²) in [6.45, 7) is 1.89. The van der Waals surface area contributed by atoms with Crippen LogP contribution in [0.3, 0.4) is 0 Å². The minimum Gasteiger partial charge on any atom is -0.464 e. The fourth-order valence-electron chi connectivity index (χ4n) is 1.63. The highest BCUT2D eigenvalue weighted by molar-refractivity contribution is 6.30. The molecule has 0 aliphatic heterocycles. The van der Waals surface area contributed by atoms with E-state index in [2.05, 4.69) is 5.32 Å². The first kappa shape index (κ1) is 13.6. The number of nitrogens with one attached hydrogen (secondary N) is 1. The Balaban J connectivity index is 1.91. The van der Waals surface area contributed by atoms with Gasteiger partial charge in [0.05, 0.1) is 6.54 Å². The predicted octanol–water partition coefficient (Wildman–Crippen LogP) is 2.70. The van der Waals surface area contributed by atoms with Crippen LogP contribution in [0.1, 0.15) is 28.0 Å². The zero-order chi connectivity index (χ0) is 13.8. The van der Waals surface area contributed by atoms with Crippen LogP contribution in [0.5, 0.6) is 0 Å². The standard InChI is InChI=1S/C14H14ClNO3/c1-9-2-7-13(19-9)12(17)8-16-14(18)10-3-5-11(15)6-4-10/h2-7,12,17H,8H2,1H3,(H,16,18). The molecule has 1 aromatic carbocycles. The molecule has 19 heavy (non-hydrogen) atoms. The number of benzene rings is 1. The van der Waals surface area contributed by atoms with Crippen molar-refractivity contribution >= 4 is 17.5 Å². The molecular formula is C14H14ClNO3. The molecule has 4 nitrogen and oxygen atoms in total. The second-order valence-electron chi connectivity index (χ2n) is 4.18. The second kappa shape index (κ2) is 5.91. The van der Waals surface area contributed by atoms with Gasteiger partial charge in [0.1, 0.15) is 17.6 Å². The number of amides is 1. The van der Waals surface area contributed by atoms with Crippen molar-refractivity contribution in [3.8, 4) is 0 Å². The van der Waals surface area contributed by atoms with Crippen LogP contribution in [0, 0.1) is 6.92 Å². The van der Waals surface area contributed by atoms with Gasteiger partial charge in [-0.1, -0.05) is 11.6 Å². The Morgan fingerprint density at radius 2 is 2.00 bits per heavy atom. The summed E-state index contributed by atoms with van der Waals surface area (Å²) in [5.41, 5.74) is 0.493. The van der Waals surface area contributed by atoms with E-state index >= 15 is 0 Å². The average molecular weight is 280 g/mol. The van der Waals surface area contributed by atoms with Crippen LogP contribution in [0.2, 0.25) is 5.02 Å². The zero-order valence-electron chi connectivity index (χ0n) is 10.4. The van der Waals surface area contributed by atoms with Crippen LogP contribution in [0.15, 0.2) is 40.8 Å². The van der Waals surface area contributed by atoms with Crippen molar-refractivity contribution in [1.82, 2.24) is 5.32 Å². The van der Waals surface area contributed by atoms with E-state index in [0.29, 0.717) is 16.3 Å². The maximum absolute atomic E-state index is 11.8. The summed E-state index contributed by atoms with van der Waals surface area (Å²) in [4.78, 5) is 11.8. The third kappa shape index (κ3) is 3.59. The molecule has 0 saturated carbocycles. The molecule has 0 aliphatic carbocycles. The van der Waals surface area contributed by atoms with Crippen molar-refractivity contribution in [2.45, 2.75) is 13.0 Å². The number of rotatable bonds is 4. The van der Waals surface area contributed by atoms with E-state index < -0.39 is 6.10 Å². The van der Waals surface area contributed by atoms with E-state index in [9.17, 15) is 9.90 Å². The first-order valence-corrected chi connectivity index (χ1v) is 6.22. The van der Waals surface area contributed by atoms with E-state index in [-0.39, 0.29) is 12.5 Å². The summed E-state index contributed by atoms with van der Waals surface area (Å²) in [7, 11) is 0. The third-order valence-corrected chi connectivity index (χ3v) is 2.90. The summed E-state index contributed by atoms with van der Waals surface area (Å²) in [6, 6.07) is 9.99. The normalized spacial score (nSPS) is 12.2. The summed E-state index contributed by atoms with van der Waals surface area (Å²) in [5, 5.41) is 13.0. The van der Waals surface area contributed by atoms with Crippen LogP contribution in [-0.4, -0.2) is 17.6 Å². The van der Waals surface area contributed by atoms with Crippen molar-refractivity contribution in [3.05, 3.63) is 58.5 Å². The molecule has 100 valence electrons. The van der Waals surface area contributed by atoms with Gasteiger partial charge in [0, 0.05) is 10.6 Å². The number of aliphatic hydroxyl groups is 1. The molecule has 0 spiro atoms. The van der Waals surface area contributed by atoms with Gasteiger partial charge in [-0.3, -0.25) is 4.79 Å². The van der Waals surface area contributed by atoms with Crippen molar-refractivity contribution in [1.29, 1.82) is 0 Å². The maximum Gasteiger partial charge on any atom is 0.251 e. The van der Waals surface area contributed by atoms with Crippen LogP contribution < -0.4 is 5.32 Å². The largest absolute Gasteiger partial charge is 0.464 e. The molecule has 1 heterocycles. The lowest BCUT2D eigenvalue weighted by Gasteiger charge is -2.09. The van der Waals surface area contributed by atoms with Gasteiger partial charge >= 0.3 is 0 Å². The molecule has 0 fully saturated rings. The highest BCUT2D eigenvalue weighted by Crippen LogP contribution is 2.15. The third-order valence-electron chi connectivity index (χ3n) is 2.65. The number of aliphatic hydroxyl groups excluding tert-OH is 1. The summed E-state index contributed by atoms with van der Waals surface area (Å²) in [6.07, 6.45) is -0.857. The summed E-state index contributed by atoms with van der Waals surface area (Å²) >= 11 is 5.74. The van der Waals surface area contributed by atoms with Crippen molar-refractivity contribution < 1.29 is 14.3 Å². The molecule has 5 heteroatoms. The SMILES string of the molecule is Cc1ccc(C(O)CNC(=O)c2ccc(Cl)cc2)o1. The Hall–Kier alpha value is -1.78. The van der Waals surface area contributed by atoms with Crippen LogP contribution >= 0.6 is 11.6 Å². The van der Waals surface area contributed by atoms with E-state index in [4.69, 9.17) is 16.0 Å². The Morgan fingerprint density at radius 1 is 1.32 bits per heavy atom. The lowest BCUT2D eigenvalue weighted by atomic mass is 10.2. The monoisotopic (exact) mass is 279 g/mol. The van der Waals surface area contributed by atoms with Crippen LogP contribution in [-0.2, 0) is 0 Å². The van der Waals surface area contributed by atoms with Crippen molar-refractivity contribution in [3.63, 3.8) is 0 Å². The Bertz CT molecular complexity index is 562. The highest BCUT2D eigenvalue weighted by Gasteiger charge is 2.13. The Labute approximate surface area is 116 Å². The molecule has 0 saturated heterocycles. The molecular weight excluding hydrogens is 266 g/mol. The molecule has 1 atom stereocenters. The van der Waals surface area contributed by atoms with Crippen LogP contribution in [0.4, 0.5) is 0 Å². The van der Waals surface area contributed by atoms with Gasteiger partial charge in [0.15, 0.2) is 0 Å². The number of furan rings is 1. The lowest BCUT2D eigenvalue weighted by molar-refractivity contribution is 0.0900. The van der Waals surface area contributed by atoms with E-state index in [0.717, 1.165) is 5.76 Å². The first-order valence-electron chi connectivity index (χ1n) is 5.84.